The van der Waals surface area contributed by atoms with Crippen molar-refractivity contribution in [2.24, 2.45) is 0 Å². The van der Waals surface area contributed by atoms with Crippen LogP contribution in [-0.2, 0) is 10.4 Å². The van der Waals surface area contributed by atoms with Crippen molar-refractivity contribution in [1.29, 1.82) is 0 Å². The van der Waals surface area contributed by atoms with Gasteiger partial charge in [-0.05, 0) is 30.3 Å². The normalized spacial score (nSPS) is 20.7. The number of halogens is 3. The van der Waals surface area contributed by atoms with Gasteiger partial charge in [-0.3, -0.25) is 4.79 Å². The SMILES string of the molecule is O=C1Nc2cc(F)ccc2C1(O)c1cc(F)ccc1F. The molecular formula is C14H8F3NO2. The highest BCUT2D eigenvalue weighted by molar-refractivity contribution is 6.07. The molecule has 0 spiro atoms. The van der Waals surface area contributed by atoms with E-state index in [1.165, 1.54) is 0 Å². The second-order valence-electron chi connectivity index (χ2n) is 4.48. The Morgan fingerprint density at radius 1 is 0.950 bits per heavy atom. The maximum absolute atomic E-state index is 13.8. The van der Waals surface area contributed by atoms with Gasteiger partial charge in [0.05, 0.1) is 5.69 Å². The summed E-state index contributed by atoms with van der Waals surface area (Å²) in [5.74, 6) is -3.30. The summed E-state index contributed by atoms with van der Waals surface area (Å²) in [6, 6.07) is 5.63. The van der Waals surface area contributed by atoms with Crippen molar-refractivity contribution < 1.29 is 23.1 Å². The van der Waals surface area contributed by atoms with Crippen LogP contribution in [0.15, 0.2) is 36.4 Å². The number of benzene rings is 2. The molecule has 3 nitrogen and oxygen atoms in total. The van der Waals surface area contributed by atoms with Gasteiger partial charge in [0.25, 0.3) is 5.91 Å². The van der Waals surface area contributed by atoms with Gasteiger partial charge < -0.3 is 10.4 Å². The number of nitrogens with one attached hydrogen (secondary N) is 1. The zero-order valence-corrected chi connectivity index (χ0v) is 9.95. The number of fused-ring (bicyclic) bond motifs is 1. The first-order valence-corrected chi connectivity index (χ1v) is 5.72. The minimum atomic E-state index is -2.38. The molecule has 1 aliphatic heterocycles. The molecule has 0 aliphatic carbocycles. The van der Waals surface area contributed by atoms with Gasteiger partial charge in [-0.1, -0.05) is 6.07 Å². The average Bonchev–Trinajstić information content (AvgIpc) is 2.64. The first-order chi connectivity index (χ1) is 9.42. The summed E-state index contributed by atoms with van der Waals surface area (Å²) in [5, 5.41) is 12.8. The summed E-state index contributed by atoms with van der Waals surface area (Å²) in [5.41, 5.74) is -2.88. The maximum atomic E-state index is 13.8. The molecule has 2 N–H and O–H groups in total. The molecule has 0 bridgehead atoms. The van der Waals surface area contributed by atoms with Crippen LogP contribution < -0.4 is 5.32 Å². The van der Waals surface area contributed by atoms with Gasteiger partial charge in [-0.25, -0.2) is 13.2 Å². The summed E-state index contributed by atoms with van der Waals surface area (Å²) in [6.07, 6.45) is 0. The highest BCUT2D eigenvalue weighted by Gasteiger charge is 2.48. The Morgan fingerprint density at radius 3 is 2.35 bits per heavy atom. The Balaban J connectivity index is 2.27. The highest BCUT2D eigenvalue weighted by atomic mass is 19.1. The van der Waals surface area contributed by atoms with Crippen LogP contribution in [0.1, 0.15) is 11.1 Å². The van der Waals surface area contributed by atoms with E-state index < -0.39 is 34.5 Å². The second-order valence-corrected chi connectivity index (χ2v) is 4.48. The van der Waals surface area contributed by atoms with Gasteiger partial charge >= 0.3 is 0 Å². The Hall–Kier alpha value is -2.34. The number of anilines is 1. The summed E-state index contributed by atoms with van der Waals surface area (Å²) in [7, 11) is 0. The summed E-state index contributed by atoms with van der Waals surface area (Å²) < 4.78 is 40.2. The Morgan fingerprint density at radius 2 is 1.60 bits per heavy atom. The molecular weight excluding hydrogens is 271 g/mol. The Labute approximate surface area is 111 Å². The van der Waals surface area contributed by atoms with Crippen LogP contribution >= 0.6 is 0 Å². The van der Waals surface area contributed by atoms with Crippen molar-refractivity contribution in [3.63, 3.8) is 0 Å². The summed E-state index contributed by atoms with van der Waals surface area (Å²) in [4.78, 5) is 12.0. The van der Waals surface area contributed by atoms with E-state index in [0.29, 0.717) is 0 Å². The molecule has 1 aliphatic rings. The minimum absolute atomic E-state index is 0.0200. The molecule has 0 radical (unpaired) electrons. The van der Waals surface area contributed by atoms with Crippen LogP contribution in [0.2, 0.25) is 0 Å². The van der Waals surface area contributed by atoms with Crippen molar-refractivity contribution in [2.45, 2.75) is 5.60 Å². The number of carbonyl (C=O) groups excluding carboxylic acids is 1. The van der Waals surface area contributed by atoms with Crippen LogP contribution in [0.4, 0.5) is 18.9 Å². The van der Waals surface area contributed by atoms with E-state index in [1.807, 2.05) is 0 Å². The molecule has 0 saturated heterocycles. The second kappa shape index (κ2) is 4.08. The third-order valence-corrected chi connectivity index (χ3v) is 3.27. The van der Waals surface area contributed by atoms with Crippen molar-refractivity contribution in [1.82, 2.24) is 0 Å². The monoisotopic (exact) mass is 279 g/mol. The lowest BCUT2D eigenvalue weighted by molar-refractivity contribution is -0.129. The quantitative estimate of drug-likeness (QED) is 0.841. The maximum Gasteiger partial charge on any atom is 0.265 e. The standard InChI is InChI=1S/C14H8F3NO2/c15-7-2-4-11(17)10(5-7)14(20)9-3-1-8(16)6-12(9)18-13(14)19/h1-6,20H,(H,18,19). The van der Waals surface area contributed by atoms with Crippen molar-refractivity contribution in [3.8, 4) is 0 Å². The van der Waals surface area contributed by atoms with E-state index >= 15 is 0 Å². The molecule has 6 heteroatoms. The number of hydrogen-bond donors (Lipinski definition) is 2. The largest absolute Gasteiger partial charge is 0.372 e. The molecule has 1 atom stereocenters. The van der Waals surface area contributed by atoms with Crippen molar-refractivity contribution >= 4 is 11.6 Å². The Kier molecular flexibility index (Phi) is 2.58. The van der Waals surface area contributed by atoms with Crippen LogP contribution in [0.5, 0.6) is 0 Å². The molecule has 1 amide bonds. The van der Waals surface area contributed by atoms with E-state index in [9.17, 15) is 23.1 Å². The van der Waals surface area contributed by atoms with E-state index in [-0.39, 0.29) is 11.3 Å². The van der Waals surface area contributed by atoms with Gasteiger partial charge in [0.15, 0.2) is 5.60 Å². The zero-order valence-electron chi connectivity index (χ0n) is 9.95. The fourth-order valence-corrected chi connectivity index (χ4v) is 2.31. The predicted octanol–water partition coefficient (Wildman–Crippen LogP) is 2.29. The average molecular weight is 279 g/mol. The predicted molar refractivity (Wildman–Crippen MR) is 64.4 cm³/mol. The van der Waals surface area contributed by atoms with Gasteiger partial charge in [0.2, 0.25) is 0 Å². The van der Waals surface area contributed by atoms with E-state index in [0.717, 1.165) is 36.4 Å². The summed E-state index contributed by atoms with van der Waals surface area (Å²) >= 11 is 0. The minimum Gasteiger partial charge on any atom is -0.372 e. The molecule has 0 aromatic heterocycles. The number of carbonyl (C=O) groups is 1. The molecule has 2 aromatic carbocycles. The fourth-order valence-electron chi connectivity index (χ4n) is 2.31. The molecule has 20 heavy (non-hydrogen) atoms. The molecule has 1 unspecified atom stereocenters. The van der Waals surface area contributed by atoms with Gasteiger partial charge in [-0.2, -0.15) is 0 Å². The van der Waals surface area contributed by atoms with Crippen LogP contribution in [-0.4, -0.2) is 11.0 Å². The summed E-state index contributed by atoms with van der Waals surface area (Å²) in [6.45, 7) is 0. The lowest BCUT2D eigenvalue weighted by Gasteiger charge is -2.22. The molecule has 1 heterocycles. The third-order valence-electron chi connectivity index (χ3n) is 3.27. The fraction of sp³-hybridized carbons (Fsp3) is 0.0714. The van der Waals surface area contributed by atoms with Gasteiger partial charge in [0.1, 0.15) is 17.5 Å². The molecule has 102 valence electrons. The molecule has 2 aromatic rings. The smallest absolute Gasteiger partial charge is 0.265 e. The first-order valence-electron chi connectivity index (χ1n) is 5.72. The van der Waals surface area contributed by atoms with Gasteiger partial charge in [0, 0.05) is 11.1 Å². The number of amides is 1. The lowest BCUT2D eigenvalue weighted by Crippen LogP contribution is -2.36. The van der Waals surface area contributed by atoms with Crippen molar-refractivity contribution in [2.75, 3.05) is 5.32 Å². The highest BCUT2D eigenvalue weighted by Crippen LogP contribution is 2.42. The lowest BCUT2D eigenvalue weighted by atomic mass is 9.87. The number of rotatable bonds is 1. The van der Waals surface area contributed by atoms with Crippen LogP contribution in [0.3, 0.4) is 0 Å². The van der Waals surface area contributed by atoms with E-state index in [2.05, 4.69) is 5.32 Å². The topological polar surface area (TPSA) is 49.3 Å². The number of aliphatic hydroxyl groups is 1. The zero-order chi connectivity index (χ0) is 14.5. The Bertz CT molecular complexity index is 732. The van der Waals surface area contributed by atoms with Crippen molar-refractivity contribution in [3.05, 3.63) is 65.0 Å². The number of hydrogen-bond acceptors (Lipinski definition) is 2. The molecule has 0 fully saturated rings. The molecule has 0 saturated carbocycles. The third kappa shape index (κ3) is 1.61. The van der Waals surface area contributed by atoms with Gasteiger partial charge in [-0.15, -0.1) is 0 Å². The van der Waals surface area contributed by atoms with E-state index in [1.54, 1.807) is 0 Å². The van der Waals surface area contributed by atoms with E-state index in [4.69, 9.17) is 0 Å². The molecule has 3 rings (SSSR count). The van der Waals surface area contributed by atoms with Crippen LogP contribution in [0.25, 0.3) is 0 Å². The van der Waals surface area contributed by atoms with Crippen LogP contribution in [0, 0.1) is 17.5 Å². The first kappa shape index (κ1) is 12.7.